The van der Waals surface area contributed by atoms with Crippen LogP contribution in [-0.2, 0) is 9.53 Å². The van der Waals surface area contributed by atoms with E-state index in [2.05, 4.69) is 4.74 Å². The quantitative estimate of drug-likeness (QED) is 0.565. The van der Waals surface area contributed by atoms with Crippen molar-refractivity contribution in [1.29, 1.82) is 0 Å². The first kappa shape index (κ1) is 10.7. The molecule has 0 aliphatic rings. The minimum atomic E-state index is -0.342. The second-order valence-electron chi connectivity index (χ2n) is 2.50. The molecule has 0 aromatic carbocycles. The van der Waals surface area contributed by atoms with Gasteiger partial charge in [0.25, 0.3) is 0 Å². The summed E-state index contributed by atoms with van der Waals surface area (Å²) in [4.78, 5) is 21.8. The zero-order valence-electron chi connectivity index (χ0n) is 7.73. The first-order valence-corrected chi connectivity index (χ1v) is 4.93. The second-order valence-corrected chi connectivity index (χ2v) is 3.42. The van der Waals surface area contributed by atoms with Crippen LogP contribution < -0.4 is 0 Å². The summed E-state index contributed by atoms with van der Waals surface area (Å²) in [7, 11) is 1.35. The average molecular weight is 210 g/mol. The Morgan fingerprint density at radius 1 is 1.64 bits per heavy atom. The fraction of sp³-hybridized carbons (Fsp3) is 0.200. The minimum absolute atomic E-state index is 0.342. The number of rotatable bonds is 4. The molecule has 0 saturated carbocycles. The highest BCUT2D eigenvalue weighted by atomic mass is 32.1. The highest BCUT2D eigenvalue weighted by Crippen LogP contribution is 2.19. The molecular weight excluding hydrogens is 200 g/mol. The lowest BCUT2D eigenvalue weighted by molar-refractivity contribution is -0.107. The number of allylic oxidation sites excluding steroid dienone is 1. The first-order chi connectivity index (χ1) is 6.79. The van der Waals surface area contributed by atoms with Crippen LogP contribution in [0.3, 0.4) is 0 Å². The Balaban J connectivity index is 2.82. The Labute approximate surface area is 86.0 Å². The number of ether oxygens (including phenoxy) is 1. The number of thiophene rings is 1. The second kappa shape index (κ2) is 5.34. The van der Waals surface area contributed by atoms with Crippen molar-refractivity contribution in [2.24, 2.45) is 0 Å². The molecule has 0 bridgehead atoms. The van der Waals surface area contributed by atoms with Crippen molar-refractivity contribution in [2.45, 2.75) is 6.42 Å². The molecule has 0 radical (unpaired) electrons. The van der Waals surface area contributed by atoms with Gasteiger partial charge < -0.3 is 9.53 Å². The van der Waals surface area contributed by atoms with Gasteiger partial charge >= 0.3 is 5.97 Å². The van der Waals surface area contributed by atoms with Crippen molar-refractivity contribution in [3.63, 3.8) is 0 Å². The number of hydrogen-bond acceptors (Lipinski definition) is 4. The van der Waals surface area contributed by atoms with Gasteiger partial charge in [-0.2, -0.15) is 0 Å². The summed E-state index contributed by atoms with van der Waals surface area (Å²) >= 11 is 1.33. The Bertz CT molecular complexity index is 352. The molecule has 0 unspecified atom stereocenters. The molecule has 0 spiro atoms. The predicted octanol–water partition coefficient (Wildman–Crippen LogP) is 2.14. The van der Waals surface area contributed by atoms with E-state index in [1.165, 1.54) is 18.4 Å². The maximum Gasteiger partial charge on any atom is 0.348 e. The predicted molar refractivity (Wildman–Crippen MR) is 55.4 cm³/mol. The zero-order valence-corrected chi connectivity index (χ0v) is 8.54. The normalized spacial score (nSPS) is 10.4. The van der Waals surface area contributed by atoms with Crippen LogP contribution in [0.25, 0.3) is 6.08 Å². The van der Waals surface area contributed by atoms with E-state index in [0.717, 1.165) is 11.8 Å². The number of hydrogen-bond donors (Lipinski definition) is 0. The van der Waals surface area contributed by atoms with Crippen LogP contribution in [0.5, 0.6) is 0 Å². The van der Waals surface area contributed by atoms with E-state index in [-0.39, 0.29) is 5.97 Å². The van der Waals surface area contributed by atoms with Crippen LogP contribution in [0, 0.1) is 0 Å². The molecule has 14 heavy (non-hydrogen) atoms. The van der Waals surface area contributed by atoms with Crippen LogP contribution in [0.4, 0.5) is 0 Å². The third-order valence-corrected chi connectivity index (χ3v) is 2.51. The summed E-state index contributed by atoms with van der Waals surface area (Å²) in [5.41, 5.74) is 0.795. The third kappa shape index (κ3) is 2.53. The molecule has 1 aromatic heterocycles. The summed E-state index contributed by atoms with van der Waals surface area (Å²) in [6.45, 7) is 0. The highest BCUT2D eigenvalue weighted by Gasteiger charge is 2.10. The summed E-state index contributed by atoms with van der Waals surface area (Å²) < 4.78 is 4.61. The van der Waals surface area contributed by atoms with E-state index in [1.807, 2.05) is 11.4 Å². The molecule has 0 fully saturated rings. The minimum Gasteiger partial charge on any atom is -0.465 e. The number of carbonyl (C=O) groups is 2. The molecule has 0 N–H and O–H groups in total. The molecule has 0 amide bonds. The van der Waals surface area contributed by atoms with E-state index in [0.29, 0.717) is 11.3 Å². The van der Waals surface area contributed by atoms with Gasteiger partial charge in [-0.25, -0.2) is 4.79 Å². The Morgan fingerprint density at radius 2 is 2.43 bits per heavy atom. The van der Waals surface area contributed by atoms with Crippen LogP contribution in [0.2, 0.25) is 0 Å². The standard InChI is InChI=1S/C10H10O3S/c1-13-10(12)9-8(5-7-14-9)4-2-3-6-11/h2,4-7H,3H2,1H3. The van der Waals surface area contributed by atoms with E-state index in [4.69, 9.17) is 0 Å². The van der Waals surface area contributed by atoms with Gasteiger partial charge in [0.1, 0.15) is 11.2 Å². The lowest BCUT2D eigenvalue weighted by Gasteiger charge is -1.95. The molecule has 1 aromatic rings. The molecule has 3 nitrogen and oxygen atoms in total. The molecular formula is C10H10O3S. The van der Waals surface area contributed by atoms with Crippen molar-refractivity contribution >= 4 is 29.7 Å². The summed E-state index contributed by atoms with van der Waals surface area (Å²) in [5, 5.41) is 1.81. The number of aldehydes is 1. The van der Waals surface area contributed by atoms with Crippen LogP contribution in [0.1, 0.15) is 21.7 Å². The monoisotopic (exact) mass is 210 g/mol. The van der Waals surface area contributed by atoms with E-state index >= 15 is 0 Å². The van der Waals surface area contributed by atoms with Crippen LogP contribution in [-0.4, -0.2) is 19.4 Å². The topological polar surface area (TPSA) is 43.4 Å². The molecule has 0 saturated heterocycles. The Kier molecular flexibility index (Phi) is 4.07. The Morgan fingerprint density at radius 3 is 3.07 bits per heavy atom. The first-order valence-electron chi connectivity index (χ1n) is 4.05. The van der Waals surface area contributed by atoms with Gasteiger partial charge in [0.05, 0.1) is 7.11 Å². The van der Waals surface area contributed by atoms with E-state index in [9.17, 15) is 9.59 Å². The maximum absolute atomic E-state index is 11.2. The van der Waals surface area contributed by atoms with Gasteiger partial charge in [0.15, 0.2) is 0 Å². The lowest BCUT2D eigenvalue weighted by atomic mass is 10.2. The third-order valence-electron chi connectivity index (χ3n) is 1.60. The molecule has 0 atom stereocenters. The summed E-state index contributed by atoms with van der Waals surface area (Å²) in [6, 6.07) is 1.82. The van der Waals surface area contributed by atoms with E-state index < -0.39 is 0 Å². The van der Waals surface area contributed by atoms with Crippen molar-refractivity contribution < 1.29 is 14.3 Å². The molecule has 0 aliphatic heterocycles. The molecule has 74 valence electrons. The highest BCUT2D eigenvalue weighted by molar-refractivity contribution is 7.12. The van der Waals surface area contributed by atoms with Crippen molar-refractivity contribution in [3.8, 4) is 0 Å². The number of carbonyl (C=O) groups excluding carboxylic acids is 2. The average Bonchev–Trinajstić information content (AvgIpc) is 2.65. The molecule has 4 heteroatoms. The van der Waals surface area contributed by atoms with Gasteiger partial charge in [0.2, 0.25) is 0 Å². The summed E-state index contributed by atoms with van der Waals surface area (Å²) in [6.07, 6.45) is 4.62. The zero-order chi connectivity index (χ0) is 10.4. The van der Waals surface area contributed by atoms with Crippen LogP contribution in [0.15, 0.2) is 17.5 Å². The number of methoxy groups -OCH3 is 1. The largest absolute Gasteiger partial charge is 0.465 e. The van der Waals surface area contributed by atoms with Gasteiger partial charge in [-0.05, 0) is 17.0 Å². The van der Waals surface area contributed by atoms with Gasteiger partial charge in [-0.15, -0.1) is 11.3 Å². The fourth-order valence-corrected chi connectivity index (χ4v) is 1.76. The lowest BCUT2D eigenvalue weighted by Crippen LogP contribution is -1.99. The molecule has 1 heterocycles. The maximum atomic E-state index is 11.2. The fourth-order valence-electron chi connectivity index (χ4n) is 0.960. The van der Waals surface area contributed by atoms with Gasteiger partial charge in [0, 0.05) is 6.42 Å². The van der Waals surface area contributed by atoms with Gasteiger partial charge in [-0.1, -0.05) is 12.2 Å². The number of esters is 1. The summed E-state index contributed by atoms with van der Waals surface area (Å²) in [5.74, 6) is -0.342. The van der Waals surface area contributed by atoms with Crippen molar-refractivity contribution in [2.75, 3.05) is 7.11 Å². The van der Waals surface area contributed by atoms with Crippen molar-refractivity contribution in [1.82, 2.24) is 0 Å². The molecule has 1 rings (SSSR count). The van der Waals surface area contributed by atoms with E-state index in [1.54, 1.807) is 12.2 Å². The molecule has 0 aliphatic carbocycles. The van der Waals surface area contributed by atoms with Crippen molar-refractivity contribution in [3.05, 3.63) is 28.0 Å². The SMILES string of the molecule is COC(=O)c1sccc1C=CCC=O. The smallest absolute Gasteiger partial charge is 0.348 e. The van der Waals surface area contributed by atoms with Gasteiger partial charge in [-0.3, -0.25) is 0 Å². The Hall–Kier alpha value is -1.42. The van der Waals surface area contributed by atoms with Crippen LogP contribution >= 0.6 is 11.3 Å².